The first-order valence-corrected chi connectivity index (χ1v) is 8.21. The molecule has 0 aliphatic carbocycles. The van der Waals surface area contributed by atoms with Gasteiger partial charge >= 0.3 is 5.97 Å². The third-order valence-corrected chi connectivity index (χ3v) is 4.28. The summed E-state index contributed by atoms with van der Waals surface area (Å²) in [5, 5.41) is 3.33. The third-order valence-electron chi connectivity index (χ3n) is 4.28. The average Bonchev–Trinajstić information content (AvgIpc) is 2.94. The van der Waals surface area contributed by atoms with Crippen molar-refractivity contribution in [3.05, 3.63) is 35.4 Å². The molecule has 2 unspecified atom stereocenters. The van der Waals surface area contributed by atoms with Crippen LogP contribution in [-0.4, -0.2) is 43.6 Å². The predicted molar refractivity (Wildman–Crippen MR) is 92.2 cm³/mol. The van der Waals surface area contributed by atoms with Gasteiger partial charge < -0.3 is 15.0 Å². The van der Waals surface area contributed by atoms with E-state index < -0.39 is 0 Å². The molecule has 2 atom stereocenters. The molecule has 1 heterocycles. The Morgan fingerprint density at radius 2 is 2.04 bits per heavy atom. The fourth-order valence-corrected chi connectivity index (χ4v) is 2.88. The van der Waals surface area contributed by atoms with Crippen LogP contribution in [0.2, 0.25) is 0 Å². The summed E-state index contributed by atoms with van der Waals surface area (Å²) in [6.45, 7) is 9.14. The molecule has 5 nitrogen and oxygen atoms in total. The first-order valence-electron chi connectivity index (χ1n) is 8.21. The van der Waals surface area contributed by atoms with Gasteiger partial charge in [-0.2, -0.15) is 0 Å². The van der Waals surface area contributed by atoms with Crippen LogP contribution in [0.4, 0.5) is 0 Å². The van der Waals surface area contributed by atoms with E-state index in [1.165, 1.54) is 18.2 Å². The van der Waals surface area contributed by atoms with Gasteiger partial charge in [-0.15, -0.1) is 0 Å². The Hall–Kier alpha value is -2.04. The minimum Gasteiger partial charge on any atom is -0.469 e. The number of esters is 1. The summed E-state index contributed by atoms with van der Waals surface area (Å²) < 4.78 is 4.91. The highest BCUT2D eigenvalue weighted by molar-refractivity contribution is 5.82. The molecule has 1 aliphatic rings. The largest absolute Gasteiger partial charge is 0.469 e. The van der Waals surface area contributed by atoms with E-state index in [0.717, 1.165) is 19.0 Å². The molecule has 0 saturated carbocycles. The standard InChI is InChI=1S/C18H27N3O2/c1-5-19-18(20-10-15-8-6-13(2)7-9-15)21-11-14(3)16(12-21)17(22)23-4/h6-9,14,16H,5,10-12H2,1-4H3,(H,19,20). The average molecular weight is 317 g/mol. The van der Waals surface area contributed by atoms with Gasteiger partial charge in [-0.25, -0.2) is 4.99 Å². The maximum absolute atomic E-state index is 11.9. The Labute approximate surface area is 138 Å². The van der Waals surface area contributed by atoms with Crippen LogP contribution in [0.1, 0.15) is 25.0 Å². The molecule has 1 aromatic rings. The number of hydrogen-bond donors (Lipinski definition) is 1. The minimum atomic E-state index is -0.130. The fourth-order valence-electron chi connectivity index (χ4n) is 2.88. The number of aliphatic imine (C=N–C) groups is 1. The Morgan fingerprint density at radius 1 is 1.35 bits per heavy atom. The highest BCUT2D eigenvalue weighted by Gasteiger charge is 2.36. The van der Waals surface area contributed by atoms with Gasteiger partial charge in [-0.1, -0.05) is 36.8 Å². The van der Waals surface area contributed by atoms with Crippen LogP contribution in [0, 0.1) is 18.8 Å². The van der Waals surface area contributed by atoms with E-state index in [0.29, 0.717) is 13.1 Å². The highest BCUT2D eigenvalue weighted by Crippen LogP contribution is 2.24. The van der Waals surface area contributed by atoms with Crippen LogP contribution >= 0.6 is 0 Å². The number of carbonyl (C=O) groups excluding carboxylic acids is 1. The SMILES string of the molecule is CCNC(=NCc1ccc(C)cc1)N1CC(C)C(C(=O)OC)C1. The van der Waals surface area contributed by atoms with Crippen LogP contribution < -0.4 is 5.32 Å². The summed E-state index contributed by atoms with van der Waals surface area (Å²) in [6, 6.07) is 8.41. The predicted octanol–water partition coefficient (Wildman–Crippen LogP) is 2.20. The van der Waals surface area contributed by atoms with E-state index in [-0.39, 0.29) is 17.8 Å². The third kappa shape index (κ3) is 4.47. The molecular weight excluding hydrogens is 290 g/mol. The lowest BCUT2D eigenvalue weighted by Gasteiger charge is -2.21. The zero-order valence-electron chi connectivity index (χ0n) is 14.5. The monoisotopic (exact) mass is 317 g/mol. The van der Waals surface area contributed by atoms with Crippen LogP contribution in [-0.2, 0) is 16.1 Å². The smallest absolute Gasteiger partial charge is 0.310 e. The number of ether oxygens (including phenoxy) is 1. The Kier molecular flexibility index (Phi) is 6.02. The molecule has 1 fully saturated rings. The van der Waals surface area contributed by atoms with Gasteiger partial charge in [-0.05, 0) is 25.3 Å². The number of hydrogen-bond acceptors (Lipinski definition) is 3. The topological polar surface area (TPSA) is 53.9 Å². The van der Waals surface area contributed by atoms with Crippen molar-refractivity contribution in [3.63, 3.8) is 0 Å². The van der Waals surface area contributed by atoms with E-state index >= 15 is 0 Å². The lowest BCUT2D eigenvalue weighted by atomic mass is 9.99. The van der Waals surface area contributed by atoms with Gasteiger partial charge in [0.15, 0.2) is 5.96 Å². The molecular formula is C18H27N3O2. The van der Waals surface area contributed by atoms with Crippen LogP contribution in [0.15, 0.2) is 29.3 Å². The molecule has 1 saturated heterocycles. The molecule has 1 aromatic carbocycles. The number of rotatable bonds is 4. The number of aryl methyl sites for hydroxylation is 1. The molecule has 5 heteroatoms. The molecule has 1 aliphatic heterocycles. The van der Waals surface area contributed by atoms with Crippen LogP contribution in [0.5, 0.6) is 0 Å². The summed E-state index contributed by atoms with van der Waals surface area (Å²) in [7, 11) is 1.45. The van der Waals surface area contributed by atoms with Crippen LogP contribution in [0.3, 0.4) is 0 Å². The molecule has 0 radical (unpaired) electrons. The summed E-state index contributed by atoms with van der Waals surface area (Å²) in [5.41, 5.74) is 2.43. The number of benzene rings is 1. The van der Waals surface area contributed by atoms with E-state index in [1.807, 2.05) is 0 Å². The second-order valence-electron chi connectivity index (χ2n) is 6.17. The number of nitrogens with zero attached hydrogens (tertiary/aromatic N) is 2. The minimum absolute atomic E-state index is 0.0803. The molecule has 0 aromatic heterocycles. The number of likely N-dealkylation sites (tertiary alicyclic amines) is 1. The van der Waals surface area contributed by atoms with Crippen molar-refractivity contribution in [2.24, 2.45) is 16.8 Å². The number of guanidine groups is 1. The summed E-state index contributed by atoms with van der Waals surface area (Å²) in [6.07, 6.45) is 0. The van der Waals surface area contributed by atoms with Crippen LogP contribution in [0.25, 0.3) is 0 Å². The van der Waals surface area contributed by atoms with Gasteiger partial charge in [0.25, 0.3) is 0 Å². The quantitative estimate of drug-likeness (QED) is 0.525. The van der Waals surface area contributed by atoms with Crippen molar-refractivity contribution in [2.45, 2.75) is 27.3 Å². The van der Waals surface area contributed by atoms with E-state index in [4.69, 9.17) is 9.73 Å². The van der Waals surface area contributed by atoms with Gasteiger partial charge in [0, 0.05) is 19.6 Å². The van der Waals surface area contributed by atoms with E-state index in [9.17, 15) is 4.79 Å². The first kappa shape index (κ1) is 17.3. The van der Waals surface area contributed by atoms with Gasteiger partial charge in [0.1, 0.15) is 0 Å². The molecule has 0 amide bonds. The maximum atomic E-state index is 11.9. The maximum Gasteiger partial charge on any atom is 0.310 e. The Morgan fingerprint density at radius 3 is 2.65 bits per heavy atom. The first-order chi connectivity index (χ1) is 11.0. The molecule has 2 rings (SSSR count). The number of carbonyl (C=O) groups is 1. The number of methoxy groups -OCH3 is 1. The van der Waals surface area contributed by atoms with Gasteiger partial charge in [0.05, 0.1) is 19.6 Å². The molecule has 126 valence electrons. The van der Waals surface area contributed by atoms with Gasteiger partial charge in [-0.3, -0.25) is 4.79 Å². The van der Waals surface area contributed by atoms with Crippen molar-refractivity contribution in [1.82, 2.24) is 10.2 Å². The molecule has 1 N–H and O–H groups in total. The zero-order valence-corrected chi connectivity index (χ0v) is 14.5. The lowest BCUT2D eigenvalue weighted by molar-refractivity contribution is -0.145. The molecule has 0 spiro atoms. The second kappa shape index (κ2) is 7.99. The summed E-state index contributed by atoms with van der Waals surface area (Å²) in [4.78, 5) is 18.7. The second-order valence-corrected chi connectivity index (χ2v) is 6.17. The summed E-state index contributed by atoms with van der Waals surface area (Å²) in [5.74, 6) is 0.926. The highest BCUT2D eigenvalue weighted by atomic mass is 16.5. The normalized spacial score (nSPS) is 21.4. The zero-order chi connectivity index (χ0) is 16.8. The number of nitrogens with one attached hydrogen (secondary N) is 1. The van der Waals surface area contributed by atoms with E-state index in [2.05, 4.69) is 55.3 Å². The van der Waals surface area contributed by atoms with Gasteiger partial charge in [0.2, 0.25) is 0 Å². The molecule has 0 bridgehead atoms. The van der Waals surface area contributed by atoms with E-state index in [1.54, 1.807) is 0 Å². The Bertz CT molecular complexity index is 554. The van der Waals surface area contributed by atoms with Crippen molar-refractivity contribution in [2.75, 3.05) is 26.7 Å². The molecule has 23 heavy (non-hydrogen) atoms. The van der Waals surface area contributed by atoms with Crippen molar-refractivity contribution < 1.29 is 9.53 Å². The lowest BCUT2D eigenvalue weighted by Crippen LogP contribution is -2.40. The Balaban J connectivity index is 2.07. The van der Waals surface area contributed by atoms with Crippen molar-refractivity contribution in [3.8, 4) is 0 Å². The van der Waals surface area contributed by atoms with Crippen molar-refractivity contribution in [1.29, 1.82) is 0 Å². The van der Waals surface area contributed by atoms with Crippen molar-refractivity contribution >= 4 is 11.9 Å². The summed E-state index contributed by atoms with van der Waals surface area (Å²) >= 11 is 0. The fraction of sp³-hybridized carbons (Fsp3) is 0.556.